The summed E-state index contributed by atoms with van der Waals surface area (Å²) in [5, 5.41) is 0. The molecule has 0 bridgehead atoms. The van der Waals surface area contributed by atoms with E-state index in [9.17, 15) is 19.2 Å². The van der Waals surface area contributed by atoms with E-state index in [1.807, 2.05) is 0 Å². The van der Waals surface area contributed by atoms with Crippen molar-refractivity contribution in [1.29, 1.82) is 0 Å². The molecule has 2 heterocycles. The predicted octanol–water partition coefficient (Wildman–Crippen LogP) is 1.92. The highest BCUT2D eigenvalue weighted by molar-refractivity contribution is 6.06. The average Bonchev–Trinajstić information content (AvgIpc) is 2.83. The molecule has 144 valence electrons. The molecule has 0 aromatic heterocycles. The van der Waals surface area contributed by atoms with Crippen molar-refractivity contribution >= 4 is 23.9 Å². The van der Waals surface area contributed by atoms with Gasteiger partial charge >= 0.3 is 18.0 Å². The highest BCUT2D eigenvalue weighted by Gasteiger charge is 2.72. The van der Waals surface area contributed by atoms with Gasteiger partial charge in [0.1, 0.15) is 12.2 Å². The van der Waals surface area contributed by atoms with Crippen LogP contribution in [0.2, 0.25) is 0 Å². The van der Waals surface area contributed by atoms with Crippen molar-refractivity contribution in [2.24, 2.45) is 5.92 Å². The molecular formula is C19H21NO7. The fourth-order valence-corrected chi connectivity index (χ4v) is 3.22. The van der Waals surface area contributed by atoms with Crippen LogP contribution < -0.4 is 0 Å². The monoisotopic (exact) mass is 375 g/mol. The summed E-state index contributed by atoms with van der Waals surface area (Å²) in [5.41, 5.74) is -2.28. The summed E-state index contributed by atoms with van der Waals surface area (Å²) in [5.74, 6) is -3.04. The van der Waals surface area contributed by atoms with Gasteiger partial charge in [-0.1, -0.05) is 18.2 Å². The molecule has 2 saturated heterocycles. The van der Waals surface area contributed by atoms with E-state index in [2.05, 4.69) is 0 Å². The Kier molecular flexibility index (Phi) is 4.45. The number of carbonyl (C=O) groups is 4. The first kappa shape index (κ1) is 18.9. The second-order valence-corrected chi connectivity index (χ2v) is 7.63. The van der Waals surface area contributed by atoms with E-state index >= 15 is 0 Å². The maximum absolute atomic E-state index is 12.7. The quantitative estimate of drug-likeness (QED) is 0.575. The fourth-order valence-electron chi connectivity index (χ4n) is 3.22. The first-order valence-electron chi connectivity index (χ1n) is 8.58. The third-order valence-electron chi connectivity index (χ3n) is 4.53. The van der Waals surface area contributed by atoms with Crippen molar-refractivity contribution in [3.63, 3.8) is 0 Å². The second-order valence-electron chi connectivity index (χ2n) is 7.63. The van der Waals surface area contributed by atoms with Crippen molar-refractivity contribution in [2.75, 3.05) is 6.61 Å². The van der Waals surface area contributed by atoms with Gasteiger partial charge in [-0.2, -0.15) is 0 Å². The van der Waals surface area contributed by atoms with Gasteiger partial charge in [0.2, 0.25) is 11.4 Å². The molecule has 0 radical (unpaired) electrons. The number of amides is 2. The SMILES string of the molecule is C[C@H]1C(=O)N(C(=O)OC(C)(C)C)[C@@]2(COC2=O)[C@@H]1OC(=O)c1ccccc1. The number of esters is 2. The molecule has 8 heteroatoms. The molecular weight excluding hydrogens is 354 g/mol. The molecule has 3 rings (SSSR count). The molecule has 0 unspecified atom stereocenters. The Hall–Kier alpha value is -2.90. The molecule has 27 heavy (non-hydrogen) atoms. The summed E-state index contributed by atoms with van der Waals surface area (Å²) >= 11 is 0. The number of likely N-dealkylation sites (tertiary alicyclic amines) is 1. The van der Waals surface area contributed by atoms with E-state index in [1.54, 1.807) is 51.1 Å². The first-order valence-corrected chi connectivity index (χ1v) is 8.58. The zero-order chi connectivity index (χ0) is 20.0. The summed E-state index contributed by atoms with van der Waals surface area (Å²) in [7, 11) is 0. The van der Waals surface area contributed by atoms with Gasteiger partial charge in [-0.25, -0.2) is 19.3 Å². The largest absolute Gasteiger partial charge is 0.460 e. The van der Waals surface area contributed by atoms with Crippen LogP contribution in [0, 0.1) is 5.92 Å². The Bertz CT molecular complexity index is 798. The molecule has 1 spiro atoms. The Morgan fingerprint density at radius 3 is 2.30 bits per heavy atom. The van der Waals surface area contributed by atoms with Crippen molar-refractivity contribution in [2.45, 2.75) is 44.9 Å². The third kappa shape index (κ3) is 3.05. The number of cyclic esters (lactones) is 1. The lowest BCUT2D eigenvalue weighted by Gasteiger charge is -2.43. The molecule has 1 aromatic carbocycles. The number of benzene rings is 1. The highest BCUT2D eigenvalue weighted by atomic mass is 16.6. The van der Waals surface area contributed by atoms with Crippen molar-refractivity contribution in [3.8, 4) is 0 Å². The number of imide groups is 1. The maximum atomic E-state index is 12.7. The number of ether oxygens (including phenoxy) is 3. The normalized spacial score (nSPS) is 27.2. The Labute approximate surface area is 156 Å². The molecule has 0 aliphatic carbocycles. The number of carbonyl (C=O) groups excluding carboxylic acids is 4. The highest BCUT2D eigenvalue weighted by Crippen LogP contribution is 2.44. The third-order valence-corrected chi connectivity index (χ3v) is 4.53. The Morgan fingerprint density at radius 2 is 1.81 bits per heavy atom. The van der Waals surface area contributed by atoms with Gasteiger partial charge in [0, 0.05) is 0 Å². The fraction of sp³-hybridized carbons (Fsp3) is 0.474. The van der Waals surface area contributed by atoms with E-state index in [0.29, 0.717) is 0 Å². The molecule has 0 saturated carbocycles. The van der Waals surface area contributed by atoms with E-state index in [-0.39, 0.29) is 12.2 Å². The second kappa shape index (κ2) is 6.37. The van der Waals surface area contributed by atoms with E-state index in [1.165, 1.54) is 6.92 Å². The van der Waals surface area contributed by atoms with Gasteiger partial charge in [-0.05, 0) is 39.8 Å². The van der Waals surface area contributed by atoms with Crippen LogP contribution in [0.15, 0.2) is 30.3 Å². The minimum Gasteiger partial charge on any atom is -0.460 e. The van der Waals surface area contributed by atoms with Crippen LogP contribution in [0.1, 0.15) is 38.1 Å². The van der Waals surface area contributed by atoms with Gasteiger partial charge in [0.15, 0.2) is 6.10 Å². The smallest absolute Gasteiger partial charge is 0.418 e. The van der Waals surface area contributed by atoms with E-state index in [4.69, 9.17) is 14.2 Å². The van der Waals surface area contributed by atoms with Crippen LogP contribution in [0.3, 0.4) is 0 Å². The van der Waals surface area contributed by atoms with Crippen molar-refractivity contribution in [3.05, 3.63) is 35.9 Å². The molecule has 2 aliphatic heterocycles. The molecule has 2 aliphatic rings. The topological polar surface area (TPSA) is 99.2 Å². The molecule has 1 aromatic rings. The zero-order valence-electron chi connectivity index (χ0n) is 15.6. The summed E-state index contributed by atoms with van der Waals surface area (Å²) < 4.78 is 15.6. The average molecular weight is 375 g/mol. The first-order chi connectivity index (χ1) is 12.6. The lowest BCUT2D eigenvalue weighted by Crippen LogP contribution is -2.70. The van der Waals surface area contributed by atoms with Crippen LogP contribution in [0.5, 0.6) is 0 Å². The van der Waals surface area contributed by atoms with E-state index in [0.717, 1.165) is 4.90 Å². The predicted molar refractivity (Wildman–Crippen MR) is 91.6 cm³/mol. The van der Waals surface area contributed by atoms with Crippen LogP contribution in [0.25, 0.3) is 0 Å². The van der Waals surface area contributed by atoms with Gasteiger partial charge in [-0.3, -0.25) is 4.79 Å². The lowest BCUT2D eigenvalue weighted by atomic mass is 9.86. The minimum atomic E-state index is -1.69. The molecule has 8 nitrogen and oxygen atoms in total. The summed E-state index contributed by atoms with van der Waals surface area (Å²) in [6.07, 6.45) is -2.12. The molecule has 2 fully saturated rings. The van der Waals surface area contributed by atoms with Crippen LogP contribution >= 0.6 is 0 Å². The standard InChI is InChI=1S/C19H21NO7/c1-11-13(26-15(22)12-8-6-5-7-9-12)19(10-25-16(19)23)20(14(11)21)17(24)27-18(2,3)4/h5-9,11,13H,10H2,1-4H3/t11-,13-,19+/m1/s1. The number of hydrogen-bond acceptors (Lipinski definition) is 7. The minimum absolute atomic E-state index is 0.242. The Morgan fingerprint density at radius 1 is 1.19 bits per heavy atom. The summed E-state index contributed by atoms with van der Waals surface area (Å²) in [4.78, 5) is 50.9. The van der Waals surface area contributed by atoms with Gasteiger partial charge in [-0.15, -0.1) is 0 Å². The van der Waals surface area contributed by atoms with Crippen LogP contribution in [-0.4, -0.2) is 52.7 Å². The Balaban J connectivity index is 1.92. The van der Waals surface area contributed by atoms with Crippen molar-refractivity contribution < 1.29 is 33.4 Å². The summed E-state index contributed by atoms with van der Waals surface area (Å²) in [6.45, 7) is 6.20. The lowest BCUT2D eigenvalue weighted by molar-refractivity contribution is -0.196. The van der Waals surface area contributed by atoms with Gasteiger partial charge < -0.3 is 14.2 Å². The summed E-state index contributed by atoms with van der Waals surface area (Å²) in [6, 6.07) is 8.19. The molecule has 2 amide bonds. The number of hydrogen-bond donors (Lipinski definition) is 0. The van der Waals surface area contributed by atoms with Gasteiger partial charge in [0.05, 0.1) is 11.5 Å². The number of nitrogens with zero attached hydrogens (tertiary/aromatic N) is 1. The van der Waals surface area contributed by atoms with Gasteiger partial charge in [0.25, 0.3) is 0 Å². The number of rotatable bonds is 2. The zero-order valence-corrected chi connectivity index (χ0v) is 15.6. The maximum Gasteiger partial charge on any atom is 0.418 e. The van der Waals surface area contributed by atoms with Crippen LogP contribution in [-0.2, 0) is 23.8 Å². The van der Waals surface area contributed by atoms with Crippen molar-refractivity contribution in [1.82, 2.24) is 4.90 Å². The molecule has 0 N–H and O–H groups in total. The molecule has 3 atom stereocenters. The van der Waals surface area contributed by atoms with Crippen LogP contribution in [0.4, 0.5) is 4.79 Å². The van der Waals surface area contributed by atoms with E-state index < -0.39 is 47.1 Å².